The Bertz CT molecular complexity index is 1560. The number of methoxy groups -OCH3 is 1. The molecule has 2 aliphatic rings. The summed E-state index contributed by atoms with van der Waals surface area (Å²) in [6, 6.07) is 9.22. The molecule has 3 aromatic heterocycles. The number of aliphatic imine (C=N–C) groups is 1. The molecule has 0 bridgehead atoms. The standard InChI is InChI=1S/C29H33N7O2/c1-4-18-8-21(37)5-6-24(18)35-28(30)23-13-34-36-14-19(22-12-32-26(38-3)7-17(22)2)9-25(36)27(23)33-16-29-10-20(29)11-31-15-29/h5-9,12-14,20,31,33,37H,4,10-11,15-16H2,1-3H3,(H2,30,35). The van der Waals surface area contributed by atoms with Crippen molar-refractivity contribution in [3.63, 3.8) is 0 Å². The van der Waals surface area contributed by atoms with Crippen LogP contribution in [0.15, 0.2) is 53.9 Å². The summed E-state index contributed by atoms with van der Waals surface area (Å²) in [4.78, 5) is 9.19. The third kappa shape index (κ3) is 4.22. The Morgan fingerprint density at radius 2 is 2.18 bits per heavy atom. The first-order chi connectivity index (χ1) is 18.4. The number of aryl methyl sites for hydroxylation is 2. The van der Waals surface area contributed by atoms with Crippen molar-refractivity contribution in [3.05, 3.63) is 65.6 Å². The Morgan fingerprint density at radius 3 is 2.89 bits per heavy atom. The van der Waals surface area contributed by atoms with Gasteiger partial charge in [-0.05, 0) is 67.6 Å². The summed E-state index contributed by atoms with van der Waals surface area (Å²) < 4.78 is 7.17. The SMILES string of the molecule is CCc1cc(O)ccc1N=C(N)c1cnn2cc(-c3cnc(OC)cc3C)cc2c1NCC12CNCC1C2. The minimum absolute atomic E-state index is 0.220. The number of phenolic OH excluding ortho intramolecular Hbond substituents is 1. The van der Waals surface area contributed by atoms with Crippen LogP contribution in [0.25, 0.3) is 16.6 Å². The first-order valence-corrected chi connectivity index (χ1v) is 13.0. The number of rotatable bonds is 8. The van der Waals surface area contributed by atoms with Gasteiger partial charge in [0.15, 0.2) is 0 Å². The van der Waals surface area contributed by atoms with Crippen molar-refractivity contribution in [1.29, 1.82) is 0 Å². The number of aromatic nitrogens is 3. The second kappa shape index (κ2) is 9.33. The molecule has 2 fully saturated rings. The van der Waals surface area contributed by atoms with Crippen LogP contribution in [0.2, 0.25) is 0 Å². The summed E-state index contributed by atoms with van der Waals surface area (Å²) in [6.45, 7) is 7.05. The van der Waals surface area contributed by atoms with E-state index in [-0.39, 0.29) is 5.75 Å². The second-order valence-electron chi connectivity index (χ2n) is 10.4. The number of phenols is 1. The Labute approximate surface area is 221 Å². The lowest BCUT2D eigenvalue weighted by Crippen LogP contribution is -2.25. The topological polar surface area (TPSA) is 122 Å². The van der Waals surface area contributed by atoms with Crippen molar-refractivity contribution < 1.29 is 9.84 Å². The van der Waals surface area contributed by atoms with E-state index in [1.807, 2.05) is 36.8 Å². The predicted octanol–water partition coefficient (Wildman–Crippen LogP) is 4.04. The van der Waals surface area contributed by atoms with Crippen LogP contribution in [0.5, 0.6) is 11.6 Å². The monoisotopic (exact) mass is 511 g/mol. The lowest BCUT2D eigenvalue weighted by atomic mass is 10.0. The maximum atomic E-state index is 9.91. The lowest BCUT2D eigenvalue weighted by molar-refractivity contribution is 0.397. The van der Waals surface area contributed by atoms with E-state index in [2.05, 4.69) is 21.7 Å². The minimum Gasteiger partial charge on any atom is -0.508 e. The van der Waals surface area contributed by atoms with Gasteiger partial charge in [0.2, 0.25) is 5.88 Å². The van der Waals surface area contributed by atoms with Gasteiger partial charge in [0.05, 0.1) is 35.8 Å². The van der Waals surface area contributed by atoms with Gasteiger partial charge >= 0.3 is 0 Å². The van der Waals surface area contributed by atoms with Gasteiger partial charge < -0.3 is 26.2 Å². The minimum atomic E-state index is 0.220. The molecular formula is C29H33N7O2. The lowest BCUT2D eigenvalue weighted by Gasteiger charge is -2.18. The van der Waals surface area contributed by atoms with Crippen LogP contribution in [-0.4, -0.2) is 52.3 Å². The van der Waals surface area contributed by atoms with E-state index in [0.29, 0.717) is 17.1 Å². The molecule has 4 heterocycles. The molecule has 2 unspecified atom stereocenters. The molecule has 2 atom stereocenters. The molecule has 1 aliphatic heterocycles. The first-order valence-electron chi connectivity index (χ1n) is 13.0. The van der Waals surface area contributed by atoms with E-state index in [4.69, 9.17) is 20.6 Å². The van der Waals surface area contributed by atoms with Crippen molar-refractivity contribution in [2.24, 2.45) is 22.1 Å². The van der Waals surface area contributed by atoms with Gasteiger partial charge in [-0.15, -0.1) is 0 Å². The third-order valence-corrected chi connectivity index (χ3v) is 8.05. The quantitative estimate of drug-likeness (QED) is 0.208. The summed E-state index contributed by atoms with van der Waals surface area (Å²) >= 11 is 0. The van der Waals surface area contributed by atoms with Crippen LogP contribution >= 0.6 is 0 Å². The number of benzene rings is 1. The second-order valence-corrected chi connectivity index (χ2v) is 10.4. The number of nitrogens with one attached hydrogen (secondary N) is 2. The van der Waals surface area contributed by atoms with Gasteiger partial charge in [0, 0.05) is 48.1 Å². The number of nitrogens with two attached hydrogens (primary N) is 1. The highest BCUT2D eigenvalue weighted by atomic mass is 16.5. The van der Waals surface area contributed by atoms with Gasteiger partial charge in [-0.3, -0.25) is 0 Å². The summed E-state index contributed by atoms with van der Waals surface area (Å²) in [5.74, 6) is 1.91. The maximum Gasteiger partial charge on any atom is 0.213 e. The van der Waals surface area contributed by atoms with Gasteiger partial charge in [0.1, 0.15) is 11.6 Å². The summed E-state index contributed by atoms with van der Waals surface area (Å²) in [7, 11) is 1.62. The highest BCUT2D eigenvalue weighted by molar-refractivity contribution is 6.06. The molecule has 0 amide bonds. The summed E-state index contributed by atoms with van der Waals surface area (Å²) in [5, 5.41) is 21.9. The van der Waals surface area contributed by atoms with Crippen LogP contribution in [0.1, 0.15) is 30.0 Å². The Kier molecular flexibility index (Phi) is 5.95. The number of nitrogens with zero attached hydrogens (tertiary/aromatic N) is 4. The molecule has 5 N–H and O–H groups in total. The van der Waals surface area contributed by atoms with Crippen LogP contribution in [0.3, 0.4) is 0 Å². The fraction of sp³-hybridized carbons (Fsp3) is 0.345. The Hall–Kier alpha value is -4.11. The predicted molar refractivity (Wildman–Crippen MR) is 149 cm³/mol. The van der Waals surface area contributed by atoms with Crippen molar-refractivity contribution in [1.82, 2.24) is 19.9 Å². The van der Waals surface area contributed by atoms with E-state index >= 15 is 0 Å². The largest absolute Gasteiger partial charge is 0.508 e. The highest BCUT2D eigenvalue weighted by Gasteiger charge is 2.56. The normalized spacial score (nSPS) is 20.5. The molecule has 9 nitrogen and oxygen atoms in total. The van der Waals surface area contributed by atoms with E-state index in [1.165, 1.54) is 6.42 Å². The molecule has 38 heavy (non-hydrogen) atoms. The number of amidine groups is 1. The molecule has 196 valence electrons. The number of piperidine rings is 1. The number of aromatic hydroxyl groups is 1. The summed E-state index contributed by atoms with van der Waals surface area (Å²) in [6.07, 6.45) is 7.60. The third-order valence-electron chi connectivity index (χ3n) is 8.05. The van der Waals surface area contributed by atoms with Gasteiger partial charge in [-0.2, -0.15) is 5.10 Å². The van der Waals surface area contributed by atoms with E-state index < -0.39 is 0 Å². The van der Waals surface area contributed by atoms with Gasteiger partial charge in [-0.1, -0.05) is 6.92 Å². The molecule has 0 spiro atoms. The zero-order valence-corrected chi connectivity index (χ0v) is 22.0. The molecule has 9 heteroatoms. The number of hydrogen-bond donors (Lipinski definition) is 4. The zero-order chi connectivity index (χ0) is 26.4. The Morgan fingerprint density at radius 1 is 1.32 bits per heavy atom. The Balaban J connectivity index is 1.44. The number of ether oxygens (including phenoxy) is 1. The van der Waals surface area contributed by atoms with E-state index in [0.717, 1.165) is 76.7 Å². The number of pyridine rings is 1. The number of anilines is 1. The first kappa shape index (κ1) is 24.2. The molecular weight excluding hydrogens is 478 g/mol. The van der Waals surface area contributed by atoms with Crippen LogP contribution in [0, 0.1) is 18.3 Å². The molecule has 1 saturated heterocycles. The summed E-state index contributed by atoms with van der Waals surface area (Å²) in [5.41, 5.74) is 14.3. The molecule has 1 aromatic carbocycles. The number of fused-ring (bicyclic) bond motifs is 2. The van der Waals surface area contributed by atoms with Crippen LogP contribution < -0.4 is 21.1 Å². The molecule has 1 saturated carbocycles. The van der Waals surface area contributed by atoms with Crippen molar-refractivity contribution in [2.45, 2.75) is 26.7 Å². The molecule has 0 radical (unpaired) electrons. The average molecular weight is 512 g/mol. The maximum absolute atomic E-state index is 9.91. The zero-order valence-electron chi connectivity index (χ0n) is 22.0. The highest BCUT2D eigenvalue weighted by Crippen LogP contribution is 2.54. The van der Waals surface area contributed by atoms with Crippen molar-refractivity contribution >= 4 is 22.7 Å². The fourth-order valence-electron chi connectivity index (χ4n) is 5.66. The van der Waals surface area contributed by atoms with E-state index in [1.54, 1.807) is 31.5 Å². The number of hydrogen-bond acceptors (Lipinski definition) is 7. The smallest absolute Gasteiger partial charge is 0.213 e. The van der Waals surface area contributed by atoms with E-state index in [9.17, 15) is 5.11 Å². The van der Waals surface area contributed by atoms with Crippen LogP contribution in [-0.2, 0) is 6.42 Å². The van der Waals surface area contributed by atoms with Gasteiger partial charge in [-0.25, -0.2) is 14.5 Å². The fourth-order valence-corrected chi connectivity index (χ4v) is 5.66. The average Bonchev–Trinajstić information content (AvgIpc) is 3.22. The van der Waals surface area contributed by atoms with Gasteiger partial charge in [0.25, 0.3) is 0 Å². The molecule has 4 aromatic rings. The van der Waals surface area contributed by atoms with Crippen molar-refractivity contribution in [3.8, 4) is 22.8 Å². The van der Waals surface area contributed by atoms with Crippen LogP contribution in [0.4, 0.5) is 11.4 Å². The van der Waals surface area contributed by atoms with Crippen molar-refractivity contribution in [2.75, 3.05) is 32.1 Å². The molecule has 6 rings (SSSR count). The molecule has 1 aliphatic carbocycles.